The van der Waals surface area contributed by atoms with E-state index < -0.39 is 5.60 Å². The first-order chi connectivity index (χ1) is 19.0. The van der Waals surface area contributed by atoms with Gasteiger partial charge in [-0.25, -0.2) is 0 Å². The molecule has 1 aromatic rings. The van der Waals surface area contributed by atoms with Gasteiger partial charge in [0.05, 0.1) is 23.4 Å². The Balaban J connectivity index is 2.19. The lowest BCUT2D eigenvalue weighted by atomic mass is 9.73. The molecule has 3 rings (SSSR count). The highest BCUT2D eigenvalue weighted by molar-refractivity contribution is 5.47. The highest BCUT2D eigenvalue weighted by Gasteiger charge is 2.45. The van der Waals surface area contributed by atoms with E-state index in [2.05, 4.69) is 39.8 Å². The Morgan fingerprint density at radius 2 is 1.03 bits per heavy atom. The molecule has 0 aromatic heterocycles. The molecule has 0 saturated heterocycles. The second kappa shape index (κ2) is 17.0. The predicted molar refractivity (Wildman–Crippen MR) is 165 cm³/mol. The Hall–Kier alpha value is -1.06. The molecule has 39 heavy (non-hydrogen) atoms. The van der Waals surface area contributed by atoms with Crippen LogP contribution in [0.15, 0.2) is 18.2 Å². The molecule has 1 aromatic carbocycles. The average Bonchev–Trinajstić information content (AvgIpc) is 2.97. The van der Waals surface area contributed by atoms with Crippen LogP contribution >= 0.6 is 0 Å². The molecule has 2 saturated carbocycles. The van der Waals surface area contributed by atoms with E-state index in [-0.39, 0.29) is 5.60 Å². The van der Waals surface area contributed by atoms with Gasteiger partial charge in [-0.15, -0.1) is 0 Å². The molecule has 0 aliphatic heterocycles. The summed E-state index contributed by atoms with van der Waals surface area (Å²) in [5.74, 6) is 0.431. The van der Waals surface area contributed by atoms with Crippen LogP contribution in [-0.2, 0) is 20.7 Å². The molecule has 3 heteroatoms. The summed E-state index contributed by atoms with van der Waals surface area (Å²) in [6.45, 7) is 9.17. The fourth-order valence-corrected chi connectivity index (χ4v) is 7.38. The number of unbranched alkanes of at least 4 members (excludes halogenated alkanes) is 4. The fraction of sp³-hybridized carbons (Fsp3) is 0.833. The molecule has 3 nitrogen and oxygen atoms in total. The Morgan fingerprint density at radius 3 is 1.46 bits per heavy atom. The maximum absolute atomic E-state index is 11.8. The Labute approximate surface area is 241 Å². The molecule has 2 aliphatic rings. The van der Waals surface area contributed by atoms with Gasteiger partial charge in [0.2, 0.25) is 0 Å². The number of aromatic hydroxyl groups is 1. The lowest BCUT2D eigenvalue weighted by Crippen LogP contribution is -2.41. The van der Waals surface area contributed by atoms with Crippen molar-refractivity contribution in [2.24, 2.45) is 0 Å². The summed E-state index contributed by atoms with van der Waals surface area (Å²) < 4.78 is 14.8. The van der Waals surface area contributed by atoms with Crippen molar-refractivity contribution in [1.29, 1.82) is 0 Å². The van der Waals surface area contributed by atoms with Crippen LogP contribution in [-0.4, -0.2) is 17.3 Å². The van der Waals surface area contributed by atoms with E-state index in [9.17, 15) is 5.11 Å². The van der Waals surface area contributed by atoms with Crippen molar-refractivity contribution in [3.8, 4) is 5.75 Å². The van der Waals surface area contributed by atoms with Gasteiger partial charge in [0, 0.05) is 5.56 Å². The maximum atomic E-state index is 11.8. The standard InChI is InChI=1S/C36H62O3/c1-5-9-26-35(27-10-6-2,38-30-20-15-13-16-21-30)32-24-19-25-33(37)34(32)36(28-11-7-3,29-12-8-4)39-31-22-17-14-18-23-31/h19,24-25,30-31,37H,5-18,20-23,26-29H2,1-4H3. The largest absolute Gasteiger partial charge is 0.508 e. The molecule has 1 N–H and O–H groups in total. The van der Waals surface area contributed by atoms with Gasteiger partial charge in [-0.1, -0.05) is 130 Å². The van der Waals surface area contributed by atoms with Crippen LogP contribution < -0.4 is 0 Å². The zero-order valence-electron chi connectivity index (χ0n) is 26.2. The van der Waals surface area contributed by atoms with Crippen LogP contribution in [0.1, 0.15) is 180 Å². The quantitative estimate of drug-likeness (QED) is 0.200. The molecule has 0 unspecified atom stereocenters. The van der Waals surface area contributed by atoms with Gasteiger partial charge in [0.1, 0.15) is 5.75 Å². The Kier molecular flexibility index (Phi) is 14.2. The number of ether oxygens (including phenoxy) is 2. The monoisotopic (exact) mass is 542 g/mol. The summed E-state index contributed by atoms with van der Waals surface area (Å²) in [6, 6.07) is 6.33. The van der Waals surface area contributed by atoms with Crippen LogP contribution in [0.3, 0.4) is 0 Å². The normalized spacial score (nSPS) is 18.1. The molecule has 0 atom stereocenters. The van der Waals surface area contributed by atoms with Crippen molar-refractivity contribution in [2.45, 2.75) is 192 Å². The molecule has 0 amide bonds. The predicted octanol–water partition coefficient (Wildman–Crippen LogP) is 11.2. The van der Waals surface area contributed by atoms with Crippen LogP contribution in [0.25, 0.3) is 0 Å². The van der Waals surface area contributed by atoms with Crippen molar-refractivity contribution in [3.63, 3.8) is 0 Å². The second-order valence-electron chi connectivity index (χ2n) is 12.9. The summed E-state index contributed by atoms with van der Waals surface area (Å²) >= 11 is 0. The fourth-order valence-electron chi connectivity index (χ4n) is 7.38. The summed E-state index contributed by atoms with van der Waals surface area (Å²) in [6.07, 6.45) is 26.1. The molecule has 0 bridgehead atoms. The van der Waals surface area contributed by atoms with E-state index in [0.29, 0.717) is 18.0 Å². The first kappa shape index (κ1) is 32.5. The van der Waals surface area contributed by atoms with E-state index in [1.54, 1.807) is 0 Å². The van der Waals surface area contributed by atoms with Crippen molar-refractivity contribution in [3.05, 3.63) is 29.3 Å². The molecule has 0 spiro atoms. The van der Waals surface area contributed by atoms with Gasteiger partial charge in [0.15, 0.2) is 0 Å². The molecular weight excluding hydrogens is 480 g/mol. The van der Waals surface area contributed by atoms with Crippen molar-refractivity contribution < 1.29 is 14.6 Å². The molecule has 0 radical (unpaired) electrons. The SMILES string of the molecule is CCCCC(CCCC)(OC1CCCCC1)c1cccc(O)c1C(CCCC)(CCCC)OC1CCCCC1. The minimum atomic E-state index is -0.450. The number of phenols is 1. The molecular formula is C36H62O3. The topological polar surface area (TPSA) is 38.7 Å². The molecule has 0 heterocycles. The summed E-state index contributed by atoms with van der Waals surface area (Å²) in [5, 5.41) is 11.8. The zero-order valence-corrected chi connectivity index (χ0v) is 26.2. The number of hydrogen-bond donors (Lipinski definition) is 1. The Morgan fingerprint density at radius 1 is 0.615 bits per heavy atom. The van der Waals surface area contributed by atoms with Gasteiger partial charge in [-0.2, -0.15) is 0 Å². The van der Waals surface area contributed by atoms with Gasteiger partial charge in [0.25, 0.3) is 0 Å². The van der Waals surface area contributed by atoms with Gasteiger partial charge >= 0.3 is 0 Å². The van der Waals surface area contributed by atoms with Crippen molar-refractivity contribution in [2.75, 3.05) is 0 Å². The van der Waals surface area contributed by atoms with E-state index >= 15 is 0 Å². The van der Waals surface area contributed by atoms with Crippen LogP contribution in [0.5, 0.6) is 5.75 Å². The summed E-state index contributed by atoms with van der Waals surface area (Å²) in [7, 11) is 0. The first-order valence-corrected chi connectivity index (χ1v) is 17.2. The minimum absolute atomic E-state index is 0.292. The molecule has 2 fully saturated rings. The van der Waals surface area contributed by atoms with E-state index in [0.717, 1.165) is 95.5 Å². The third-order valence-electron chi connectivity index (χ3n) is 9.61. The van der Waals surface area contributed by atoms with E-state index in [1.165, 1.54) is 56.9 Å². The zero-order chi connectivity index (χ0) is 28.0. The number of rotatable bonds is 18. The lowest BCUT2D eigenvalue weighted by Gasteiger charge is -2.46. The van der Waals surface area contributed by atoms with Crippen LogP contribution in [0.2, 0.25) is 0 Å². The first-order valence-electron chi connectivity index (χ1n) is 17.2. The second-order valence-corrected chi connectivity index (χ2v) is 12.9. The average molecular weight is 543 g/mol. The van der Waals surface area contributed by atoms with Crippen molar-refractivity contribution in [1.82, 2.24) is 0 Å². The summed E-state index contributed by atoms with van der Waals surface area (Å²) in [4.78, 5) is 0. The van der Waals surface area contributed by atoms with Crippen LogP contribution in [0.4, 0.5) is 0 Å². The van der Waals surface area contributed by atoms with Crippen LogP contribution in [0, 0.1) is 0 Å². The highest BCUT2D eigenvalue weighted by atomic mass is 16.5. The Bertz CT molecular complexity index is 774. The lowest BCUT2D eigenvalue weighted by molar-refractivity contribution is -0.139. The van der Waals surface area contributed by atoms with Gasteiger partial charge in [-0.3, -0.25) is 0 Å². The number of phenolic OH excluding ortho intramolecular Hbond substituents is 1. The molecule has 224 valence electrons. The number of benzene rings is 1. The maximum Gasteiger partial charge on any atom is 0.122 e. The van der Waals surface area contributed by atoms with Gasteiger partial charge in [-0.05, 0) is 63.0 Å². The third kappa shape index (κ3) is 8.96. The van der Waals surface area contributed by atoms with E-state index in [4.69, 9.17) is 9.47 Å². The summed E-state index contributed by atoms with van der Waals surface area (Å²) in [5.41, 5.74) is 1.52. The molecule has 2 aliphatic carbocycles. The van der Waals surface area contributed by atoms with Gasteiger partial charge < -0.3 is 14.6 Å². The highest BCUT2D eigenvalue weighted by Crippen LogP contribution is 2.51. The third-order valence-corrected chi connectivity index (χ3v) is 9.61. The minimum Gasteiger partial charge on any atom is -0.508 e. The van der Waals surface area contributed by atoms with Crippen molar-refractivity contribution >= 4 is 0 Å². The number of hydrogen-bond acceptors (Lipinski definition) is 3. The van der Waals surface area contributed by atoms with E-state index in [1.807, 2.05) is 6.07 Å². The smallest absolute Gasteiger partial charge is 0.122 e.